The van der Waals surface area contributed by atoms with E-state index in [1.165, 1.54) is 28.5 Å². The van der Waals surface area contributed by atoms with Crippen molar-refractivity contribution in [1.82, 2.24) is 0 Å². The molecule has 0 aliphatic heterocycles. The predicted molar refractivity (Wildman–Crippen MR) is 115 cm³/mol. The summed E-state index contributed by atoms with van der Waals surface area (Å²) in [6.07, 6.45) is 2.96. The summed E-state index contributed by atoms with van der Waals surface area (Å²) in [7, 11) is 0. The van der Waals surface area contributed by atoms with Gasteiger partial charge in [0.25, 0.3) is 0 Å². The van der Waals surface area contributed by atoms with Crippen molar-refractivity contribution in [1.29, 1.82) is 0 Å². The average molecular weight is 411 g/mol. The van der Waals surface area contributed by atoms with Crippen molar-refractivity contribution in [3.63, 3.8) is 0 Å². The molecule has 0 bridgehead atoms. The average Bonchev–Trinajstić information content (AvgIpc) is 2.74. The van der Waals surface area contributed by atoms with Crippen LogP contribution in [0.2, 0.25) is 0 Å². The third-order valence-electron chi connectivity index (χ3n) is 4.93. The second kappa shape index (κ2) is 9.84. The zero-order valence-corrected chi connectivity index (χ0v) is 17.5. The van der Waals surface area contributed by atoms with Gasteiger partial charge < -0.3 is 0 Å². The van der Waals surface area contributed by atoms with Crippen LogP contribution in [0, 0.1) is 11.6 Å². The van der Waals surface area contributed by atoms with Gasteiger partial charge in [0, 0.05) is 22.9 Å². The van der Waals surface area contributed by atoms with Gasteiger partial charge in [0.05, 0.1) is 4.90 Å². The summed E-state index contributed by atoms with van der Waals surface area (Å²) in [6.45, 7) is 3.79. The zero-order chi connectivity index (χ0) is 20.8. The van der Waals surface area contributed by atoms with Crippen LogP contribution in [0.1, 0.15) is 47.3 Å². The Kier molecular flexibility index (Phi) is 7.21. The van der Waals surface area contributed by atoms with Gasteiger partial charge in [-0.25, -0.2) is 8.78 Å². The number of carbonyl (C=O) groups excluding carboxylic acids is 1. The maximum Gasteiger partial charge on any atom is 0.163 e. The van der Waals surface area contributed by atoms with Gasteiger partial charge in [-0.3, -0.25) is 4.79 Å². The van der Waals surface area contributed by atoms with Crippen LogP contribution < -0.4 is 0 Å². The van der Waals surface area contributed by atoms with Crippen LogP contribution in [0.4, 0.5) is 8.78 Å². The Hall–Kier alpha value is -2.46. The van der Waals surface area contributed by atoms with Crippen molar-refractivity contribution in [2.75, 3.05) is 0 Å². The quantitative estimate of drug-likeness (QED) is 0.370. The minimum absolute atomic E-state index is 0.112. The van der Waals surface area contributed by atoms with Crippen molar-refractivity contribution in [2.24, 2.45) is 0 Å². The summed E-state index contributed by atoms with van der Waals surface area (Å²) < 4.78 is 28.1. The monoisotopic (exact) mass is 410 g/mol. The number of hydrogen-bond acceptors (Lipinski definition) is 2. The molecule has 1 nitrogen and oxygen atoms in total. The topological polar surface area (TPSA) is 17.1 Å². The number of Topliss-reactive ketones (excluding diaryl/α,β-unsaturated/α-hetero) is 1. The highest BCUT2D eigenvalue weighted by molar-refractivity contribution is 7.99. The summed E-state index contributed by atoms with van der Waals surface area (Å²) in [5.74, 6) is -1.69. The molecule has 0 saturated carbocycles. The van der Waals surface area contributed by atoms with E-state index in [9.17, 15) is 13.6 Å². The van der Waals surface area contributed by atoms with Crippen molar-refractivity contribution < 1.29 is 13.6 Å². The van der Waals surface area contributed by atoms with E-state index in [0.29, 0.717) is 0 Å². The Morgan fingerprint density at radius 2 is 1.66 bits per heavy atom. The van der Waals surface area contributed by atoms with E-state index in [2.05, 4.69) is 25.1 Å². The molecular formula is C25H24F2OS. The maximum absolute atomic E-state index is 14.5. The molecule has 29 heavy (non-hydrogen) atoms. The molecule has 0 atom stereocenters. The Balaban J connectivity index is 1.85. The van der Waals surface area contributed by atoms with Gasteiger partial charge in [-0.05, 0) is 54.2 Å². The molecule has 0 saturated heterocycles. The Morgan fingerprint density at radius 1 is 0.897 bits per heavy atom. The molecule has 0 heterocycles. The predicted octanol–water partition coefficient (Wildman–Crippen LogP) is 7.06. The van der Waals surface area contributed by atoms with Gasteiger partial charge in [0.1, 0.15) is 11.6 Å². The lowest BCUT2D eigenvalue weighted by Crippen LogP contribution is -2.03. The second-order valence-corrected chi connectivity index (χ2v) is 8.00. The molecular weight excluding hydrogens is 386 g/mol. The van der Waals surface area contributed by atoms with Crippen LogP contribution in [-0.2, 0) is 19.3 Å². The molecule has 0 fully saturated rings. The third-order valence-corrected chi connectivity index (χ3v) is 6.04. The first kappa shape index (κ1) is 21.3. The highest BCUT2D eigenvalue weighted by Gasteiger charge is 2.18. The fourth-order valence-electron chi connectivity index (χ4n) is 3.34. The van der Waals surface area contributed by atoms with Gasteiger partial charge in [-0.1, -0.05) is 62.0 Å². The first-order valence-electron chi connectivity index (χ1n) is 9.87. The van der Waals surface area contributed by atoms with Crippen molar-refractivity contribution >= 4 is 17.5 Å². The van der Waals surface area contributed by atoms with E-state index in [0.717, 1.165) is 36.3 Å². The van der Waals surface area contributed by atoms with E-state index in [1.807, 2.05) is 30.3 Å². The zero-order valence-electron chi connectivity index (χ0n) is 16.7. The normalized spacial score (nSPS) is 10.9. The summed E-state index contributed by atoms with van der Waals surface area (Å²) in [5.41, 5.74) is 3.88. The standard InChI is InChI=1S/C25H24F2OS/c1-3-18-14-21(13-12-19(18)11-10-17-8-6-5-7-9-17)29-25-22(24(28)4-2)15-20(26)16-23(25)27/h5-9,12-16H,3-4,10-11H2,1-2H3. The lowest BCUT2D eigenvalue weighted by Gasteiger charge is -2.13. The van der Waals surface area contributed by atoms with Crippen LogP contribution in [0.15, 0.2) is 70.5 Å². The number of benzene rings is 3. The Labute approximate surface area is 175 Å². The molecule has 0 unspecified atom stereocenters. The van der Waals surface area contributed by atoms with E-state index in [4.69, 9.17) is 0 Å². The number of carbonyl (C=O) groups is 1. The molecule has 0 N–H and O–H groups in total. The molecule has 0 aliphatic rings. The van der Waals surface area contributed by atoms with Gasteiger partial charge in [-0.2, -0.15) is 0 Å². The van der Waals surface area contributed by atoms with Gasteiger partial charge in [0.2, 0.25) is 0 Å². The molecule has 4 heteroatoms. The smallest absolute Gasteiger partial charge is 0.163 e. The minimum atomic E-state index is -0.728. The van der Waals surface area contributed by atoms with Crippen LogP contribution in [0.3, 0.4) is 0 Å². The van der Waals surface area contributed by atoms with Gasteiger partial charge in [-0.15, -0.1) is 0 Å². The second-order valence-electron chi connectivity index (χ2n) is 6.91. The van der Waals surface area contributed by atoms with Crippen LogP contribution in [-0.4, -0.2) is 5.78 Å². The van der Waals surface area contributed by atoms with E-state index in [1.54, 1.807) is 6.92 Å². The molecule has 0 aliphatic carbocycles. The molecule has 0 amide bonds. The van der Waals surface area contributed by atoms with Crippen LogP contribution in [0.5, 0.6) is 0 Å². The summed E-state index contributed by atoms with van der Waals surface area (Å²) >= 11 is 1.18. The molecule has 0 radical (unpaired) electrons. The molecule has 0 aromatic heterocycles. The van der Waals surface area contributed by atoms with Crippen molar-refractivity contribution in [3.05, 3.63) is 94.6 Å². The van der Waals surface area contributed by atoms with Gasteiger partial charge in [0.15, 0.2) is 5.78 Å². The lowest BCUT2D eigenvalue weighted by molar-refractivity contribution is 0.0984. The molecule has 3 aromatic rings. The lowest BCUT2D eigenvalue weighted by atomic mass is 9.98. The van der Waals surface area contributed by atoms with E-state index >= 15 is 0 Å². The Bertz CT molecular complexity index is 999. The first-order chi connectivity index (χ1) is 14.0. The number of rotatable bonds is 8. The van der Waals surface area contributed by atoms with E-state index in [-0.39, 0.29) is 22.7 Å². The number of hydrogen-bond donors (Lipinski definition) is 0. The fraction of sp³-hybridized carbons (Fsp3) is 0.240. The number of ketones is 1. The summed E-state index contributed by atoms with van der Waals surface area (Å²) in [6, 6.07) is 18.4. The SMILES string of the molecule is CCC(=O)c1cc(F)cc(F)c1Sc1ccc(CCc2ccccc2)c(CC)c1. The van der Waals surface area contributed by atoms with Crippen molar-refractivity contribution in [2.45, 2.75) is 49.3 Å². The summed E-state index contributed by atoms with van der Waals surface area (Å²) in [4.78, 5) is 13.2. The third kappa shape index (κ3) is 5.33. The summed E-state index contributed by atoms with van der Waals surface area (Å²) in [5, 5.41) is 0. The Morgan fingerprint density at radius 3 is 2.34 bits per heavy atom. The van der Waals surface area contributed by atoms with Crippen LogP contribution >= 0.6 is 11.8 Å². The number of halogens is 2. The minimum Gasteiger partial charge on any atom is -0.294 e. The molecule has 0 spiro atoms. The number of aryl methyl sites for hydroxylation is 3. The fourth-order valence-corrected chi connectivity index (χ4v) is 4.35. The molecule has 3 rings (SSSR count). The van der Waals surface area contributed by atoms with Gasteiger partial charge >= 0.3 is 0 Å². The molecule has 3 aromatic carbocycles. The van der Waals surface area contributed by atoms with Crippen LogP contribution in [0.25, 0.3) is 0 Å². The van der Waals surface area contributed by atoms with Crippen molar-refractivity contribution in [3.8, 4) is 0 Å². The highest BCUT2D eigenvalue weighted by atomic mass is 32.2. The highest BCUT2D eigenvalue weighted by Crippen LogP contribution is 2.35. The van der Waals surface area contributed by atoms with E-state index < -0.39 is 11.6 Å². The maximum atomic E-state index is 14.5. The first-order valence-corrected chi connectivity index (χ1v) is 10.7. The molecule has 150 valence electrons. The largest absolute Gasteiger partial charge is 0.294 e.